The predicted octanol–water partition coefficient (Wildman–Crippen LogP) is 3.66. The zero-order valence-corrected chi connectivity index (χ0v) is 11.4. The first-order chi connectivity index (χ1) is 8.19. The van der Waals surface area contributed by atoms with E-state index in [9.17, 15) is 0 Å². The smallest absolute Gasteiger partial charge is 0.127 e. The van der Waals surface area contributed by atoms with E-state index in [1.165, 1.54) is 31.5 Å². The van der Waals surface area contributed by atoms with Crippen LogP contribution in [0.5, 0.6) is 0 Å². The fourth-order valence-corrected chi connectivity index (χ4v) is 2.89. The minimum atomic E-state index is 0.475. The minimum absolute atomic E-state index is 0.475. The summed E-state index contributed by atoms with van der Waals surface area (Å²) >= 11 is 0. The highest BCUT2D eigenvalue weighted by atomic mass is 15.1. The normalized spacial score (nSPS) is 18.8. The Hall–Kier alpha value is -0.990. The molecule has 2 N–H and O–H groups in total. The van der Waals surface area contributed by atoms with Gasteiger partial charge in [-0.2, -0.15) is 0 Å². The third-order valence-electron chi connectivity index (χ3n) is 4.18. The maximum absolute atomic E-state index is 6.26. The Morgan fingerprint density at radius 3 is 2.53 bits per heavy atom. The molecular formula is C14H25N3. The van der Waals surface area contributed by atoms with Gasteiger partial charge in [-0.15, -0.1) is 0 Å². The van der Waals surface area contributed by atoms with Crippen LogP contribution in [0.2, 0.25) is 0 Å². The Labute approximate surface area is 104 Å². The number of nitrogen functional groups attached to an aromatic ring is 1. The molecule has 0 saturated heterocycles. The number of nitrogens with zero attached hydrogens (tertiary/aromatic N) is 2. The Bertz CT molecular complexity index is 375. The first-order valence-corrected chi connectivity index (χ1v) is 7.04. The standard InChI is InChI=1S/C14H25N3/c1-4-10(3)12-13(15)17(5-2)14(16-12)11-8-6-7-9-11/h10-11H,4-9,15H2,1-3H3. The second-order valence-corrected chi connectivity index (χ2v) is 5.28. The van der Waals surface area contributed by atoms with Gasteiger partial charge in [0.1, 0.15) is 11.6 Å². The monoisotopic (exact) mass is 235 g/mol. The van der Waals surface area contributed by atoms with E-state index in [0.717, 1.165) is 24.5 Å². The van der Waals surface area contributed by atoms with Crippen LogP contribution in [0, 0.1) is 0 Å². The van der Waals surface area contributed by atoms with Crippen molar-refractivity contribution in [2.75, 3.05) is 5.73 Å². The van der Waals surface area contributed by atoms with Gasteiger partial charge in [0.05, 0.1) is 5.69 Å². The van der Waals surface area contributed by atoms with Crippen molar-refractivity contribution >= 4 is 5.82 Å². The molecule has 1 aromatic heterocycles. The molecule has 1 atom stereocenters. The highest BCUT2D eigenvalue weighted by Gasteiger charge is 2.25. The van der Waals surface area contributed by atoms with Crippen molar-refractivity contribution in [3.05, 3.63) is 11.5 Å². The van der Waals surface area contributed by atoms with Gasteiger partial charge in [-0.25, -0.2) is 4.98 Å². The Balaban J connectivity index is 2.37. The molecule has 0 spiro atoms. The molecule has 0 aliphatic heterocycles. The summed E-state index contributed by atoms with van der Waals surface area (Å²) in [6, 6.07) is 0. The average molecular weight is 235 g/mol. The summed E-state index contributed by atoms with van der Waals surface area (Å²) in [5, 5.41) is 0. The van der Waals surface area contributed by atoms with Gasteiger partial charge in [0, 0.05) is 18.4 Å². The molecule has 0 bridgehead atoms. The Morgan fingerprint density at radius 1 is 1.35 bits per heavy atom. The van der Waals surface area contributed by atoms with Crippen molar-refractivity contribution in [1.29, 1.82) is 0 Å². The van der Waals surface area contributed by atoms with Crippen LogP contribution in [0.3, 0.4) is 0 Å². The largest absolute Gasteiger partial charge is 0.384 e. The van der Waals surface area contributed by atoms with Gasteiger partial charge >= 0.3 is 0 Å². The van der Waals surface area contributed by atoms with Crippen LogP contribution in [0.4, 0.5) is 5.82 Å². The predicted molar refractivity (Wildman–Crippen MR) is 72.2 cm³/mol. The minimum Gasteiger partial charge on any atom is -0.384 e. The molecular weight excluding hydrogens is 210 g/mol. The lowest BCUT2D eigenvalue weighted by Crippen LogP contribution is -2.08. The molecule has 96 valence electrons. The molecule has 0 aromatic carbocycles. The summed E-state index contributed by atoms with van der Waals surface area (Å²) in [5.74, 6) is 3.28. The van der Waals surface area contributed by atoms with Crippen LogP contribution in [-0.4, -0.2) is 9.55 Å². The van der Waals surface area contributed by atoms with Crippen molar-refractivity contribution < 1.29 is 0 Å². The summed E-state index contributed by atoms with van der Waals surface area (Å²) in [7, 11) is 0. The lowest BCUT2D eigenvalue weighted by atomic mass is 10.1. The molecule has 1 saturated carbocycles. The molecule has 2 rings (SSSR count). The third-order valence-corrected chi connectivity index (χ3v) is 4.18. The summed E-state index contributed by atoms with van der Waals surface area (Å²) in [4.78, 5) is 4.87. The molecule has 1 aliphatic carbocycles. The number of rotatable bonds is 4. The van der Waals surface area contributed by atoms with E-state index in [1.54, 1.807) is 0 Å². The molecule has 0 radical (unpaired) electrons. The van der Waals surface area contributed by atoms with Crippen LogP contribution >= 0.6 is 0 Å². The van der Waals surface area contributed by atoms with E-state index >= 15 is 0 Å². The second-order valence-electron chi connectivity index (χ2n) is 5.28. The Morgan fingerprint density at radius 2 is 2.00 bits per heavy atom. The maximum Gasteiger partial charge on any atom is 0.127 e. The highest BCUT2D eigenvalue weighted by molar-refractivity contribution is 5.41. The molecule has 1 heterocycles. The van der Waals surface area contributed by atoms with Crippen molar-refractivity contribution in [1.82, 2.24) is 9.55 Å². The lowest BCUT2D eigenvalue weighted by Gasteiger charge is -2.11. The molecule has 17 heavy (non-hydrogen) atoms. The molecule has 3 nitrogen and oxygen atoms in total. The first kappa shape index (κ1) is 12.5. The number of imidazole rings is 1. The van der Waals surface area contributed by atoms with E-state index in [4.69, 9.17) is 10.7 Å². The zero-order chi connectivity index (χ0) is 12.4. The van der Waals surface area contributed by atoms with E-state index < -0.39 is 0 Å². The molecule has 1 aliphatic rings. The number of aromatic nitrogens is 2. The average Bonchev–Trinajstić information content (AvgIpc) is 2.95. The fourth-order valence-electron chi connectivity index (χ4n) is 2.89. The van der Waals surface area contributed by atoms with Crippen molar-refractivity contribution in [3.63, 3.8) is 0 Å². The van der Waals surface area contributed by atoms with E-state index in [0.29, 0.717) is 11.8 Å². The summed E-state index contributed by atoms with van der Waals surface area (Å²) in [5.41, 5.74) is 7.38. The van der Waals surface area contributed by atoms with Gasteiger partial charge in [0.25, 0.3) is 0 Å². The molecule has 0 amide bonds. The Kier molecular flexibility index (Phi) is 3.75. The number of hydrogen-bond donors (Lipinski definition) is 1. The van der Waals surface area contributed by atoms with Gasteiger partial charge in [0.15, 0.2) is 0 Å². The van der Waals surface area contributed by atoms with E-state index in [2.05, 4.69) is 25.3 Å². The van der Waals surface area contributed by atoms with Gasteiger partial charge in [-0.3, -0.25) is 0 Å². The number of anilines is 1. The summed E-state index contributed by atoms with van der Waals surface area (Å²) in [6.45, 7) is 7.53. The molecule has 1 unspecified atom stereocenters. The summed E-state index contributed by atoms with van der Waals surface area (Å²) in [6.07, 6.45) is 6.38. The fraction of sp³-hybridized carbons (Fsp3) is 0.786. The van der Waals surface area contributed by atoms with Crippen molar-refractivity contribution in [2.24, 2.45) is 0 Å². The van der Waals surface area contributed by atoms with Gasteiger partial charge in [0.2, 0.25) is 0 Å². The van der Waals surface area contributed by atoms with Gasteiger partial charge in [-0.05, 0) is 26.2 Å². The number of nitrogens with two attached hydrogens (primary N) is 1. The van der Waals surface area contributed by atoms with Crippen LogP contribution < -0.4 is 5.73 Å². The van der Waals surface area contributed by atoms with E-state index in [1.807, 2.05) is 0 Å². The molecule has 1 fully saturated rings. The van der Waals surface area contributed by atoms with Gasteiger partial charge < -0.3 is 10.3 Å². The number of hydrogen-bond acceptors (Lipinski definition) is 2. The molecule has 1 aromatic rings. The van der Waals surface area contributed by atoms with Crippen molar-refractivity contribution in [2.45, 2.75) is 71.3 Å². The third kappa shape index (κ3) is 2.20. The summed E-state index contributed by atoms with van der Waals surface area (Å²) < 4.78 is 2.23. The molecule has 3 heteroatoms. The zero-order valence-electron chi connectivity index (χ0n) is 11.4. The second kappa shape index (κ2) is 5.11. The first-order valence-electron chi connectivity index (χ1n) is 7.04. The highest BCUT2D eigenvalue weighted by Crippen LogP contribution is 2.36. The van der Waals surface area contributed by atoms with Crippen LogP contribution in [0.15, 0.2) is 0 Å². The quantitative estimate of drug-likeness (QED) is 0.865. The van der Waals surface area contributed by atoms with E-state index in [-0.39, 0.29) is 0 Å². The van der Waals surface area contributed by atoms with Crippen molar-refractivity contribution in [3.8, 4) is 0 Å². The topological polar surface area (TPSA) is 43.8 Å². The van der Waals surface area contributed by atoms with Crippen LogP contribution in [0.25, 0.3) is 0 Å². The SMILES string of the molecule is CCC(C)c1nc(C2CCCC2)n(CC)c1N. The van der Waals surface area contributed by atoms with Crippen LogP contribution in [-0.2, 0) is 6.54 Å². The lowest BCUT2D eigenvalue weighted by molar-refractivity contribution is 0.602. The van der Waals surface area contributed by atoms with Gasteiger partial charge in [-0.1, -0.05) is 26.7 Å². The maximum atomic E-state index is 6.26. The van der Waals surface area contributed by atoms with Crippen LogP contribution in [0.1, 0.15) is 76.2 Å².